The van der Waals surface area contributed by atoms with E-state index < -0.39 is 33.7 Å². The lowest BCUT2D eigenvalue weighted by atomic mass is 10.1. The smallest absolute Gasteiger partial charge is 0.308 e. The van der Waals surface area contributed by atoms with Gasteiger partial charge in [0.2, 0.25) is 5.82 Å². The molecule has 0 unspecified atom stereocenters. The number of amides is 1. The van der Waals surface area contributed by atoms with Crippen LogP contribution in [0.5, 0.6) is 0 Å². The number of anilines is 1. The van der Waals surface area contributed by atoms with Gasteiger partial charge in [-0.3, -0.25) is 14.9 Å². The maximum absolute atomic E-state index is 13.8. The molecule has 0 saturated heterocycles. The van der Waals surface area contributed by atoms with Crippen molar-refractivity contribution in [2.45, 2.75) is 0 Å². The normalized spacial score (nSPS) is 10.2. The summed E-state index contributed by atoms with van der Waals surface area (Å²) in [6.45, 7) is 0. The number of carbonyl (C=O) groups excluding carboxylic acids is 1. The lowest BCUT2D eigenvalue weighted by Gasteiger charge is -2.07. The van der Waals surface area contributed by atoms with E-state index in [1.807, 2.05) is 0 Å². The molecule has 108 valence electrons. The Balaban J connectivity index is 2.40. The Kier molecular flexibility index (Phi) is 4.08. The van der Waals surface area contributed by atoms with E-state index in [9.17, 15) is 23.7 Å². The molecule has 0 atom stereocenters. The van der Waals surface area contributed by atoms with Crippen LogP contribution in [0.15, 0.2) is 30.5 Å². The molecule has 0 bridgehead atoms. The van der Waals surface area contributed by atoms with Crippen LogP contribution in [-0.4, -0.2) is 15.8 Å². The molecule has 1 amide bonds. The first-order valence-electron chi connectivity index (χ1n) is 5.45. The Morgan fingerprint density at radius 1 is 1.38 bits per heavy atom. The quantitative estimate of drug-likeness (QED) is 0.536. The predicted octanol–water partition coefficient (Wildman–Crippen LogP) is 3.17. The van der Waals surface area contributed by atoms with E-state index in [-0.39, 0.29) is 10.8 Å². The molecule has 1 aromatic heterocycles. The first-order valence-corrected chi connectivity index (χ1v) is 5.83. The molecule has 0 spiro atoms. The summed E-state index contributed by atoms with van der Waals surface area (Å²) in [7, 11) is 0. The fourth-order valence-electron chi connectivity index (χ4n) is 1.54. The summed E-state index contributed by atoms with van der Waals surface area (Å²) in [6, 6.07) is 3.80. The minimum Gasteiger partial charge on any atom is -0.319 e. The van der Waals surface area contributed by atoms with Gasteiger partial charge < -0.3 is 5.32 Å². The summed E-state index contributed by atoms with van der Waals surface area (Å²) in [5.41, 5.74) is -1.87. The zero-order valence-electron chi connectivity index (χ0n) is 10.1. The first-order chi connectivity index (χ1) is 9.90. The van der Waals surface area contributed by atoms with Gasteiger partial charge >= 0.3 is 5.69 Å². The lowest BCUT2D eigenvalue weighted by Crippen LogP contribution is -2.15. The van der Waals surface area contributed by atoms with Gasteiger partial charge in [-0.1, -0.05) is 11.6 Å². The number of rotatable bonds is 3. The molecule has 21 heavy (non-hydrogen) atoms. The van der Waals surface area contributed by atoms with Gasteiger partial charge in [0.25, 0.3) is 5.91 Å². The molecule has 0 fully saturated rings. The van der Waals surface area contributed by atoms with Crippen LogP contribution in [0.25, 0.3) is 0 Å². The van der Waals surface area contributed by atoms with Crippen molar-refractivity contribution in [3.05, 3.63) is 62.9 Å². The third kappa shape index (κ3) is 3.11. The molecule has 0 aliphatic rings. The standard InChI is InChI=1S/C12H6ClF2N3O3/c13-11-8(2-1-3-16-11)17-12(19)7-4-6(14)5-9(10(7)15)18(20)21/h1-5H,(H,17,19). The van der Waals surface area contributed by atoms with Crippen molar-refractivity contribution in [1.82, 2.24) is 4.98 Å². The SMILES string of the molecule is O=C(Nc1cccnc1Cl)c1cc(F)cc([N+](=O)[O-])c1F. The Morgan fingerprint density at radius 2 is 2.10 bits per heavy atom. The Morgan fingerprint density at radius 3 is 2.71 bits per heavy atom. The van der Waals surface area contributed by atoms with Gasteiger partial charge in [0.1, 0.15) is 5.82 Å². The number of pyridine rings is 1. The number of benzene rings is 1. The number of nitro groups is 1. The number of hydrogen-bond donors (Lipinski definition) is 1. The van der Waals surface area contributed by atoms with Crippen molar-refractivity contribution in [2.75, 3.05) is 5.32 Å². The van der Waals surface area contributed by atoms with Crippen LogP contribution in [0.4, 0.5) is 20.2 Å². The van der Waals surface area contributed by atoms with E-state index >= 15 is 0 Å². The van der Waals surface area contributed by atoms with E-state index in [1.165, 1.54) is 18.3 Å². The monoisotopic (exact) mass is 313 g/mol. The number of carbonyl (C=O) groups is 1. The fraction of sp³-hybridized carbons (Fsp3) is 0. The summed E-state index contributed by atoms with van der Waals surface area (Å²) in [4.78, 5) is 25.1. The fourth-order valence-corrected chi connectivity index (χ4v) is 1.71. The lowest BCUT2D eigenvalue weighted by molar-refractivity contribution is -0.387. The maximum atomic E-state index is 13.8. The predicted molar refractivity (Wildman–Crippen MR) is 70.2 cm³/mol. The topological polar surface area (TPSA) is 85.1 Å². The van der Waals surface area contributed by atoms with E-state index in [1.54, 1.807) is 0 Å². The second-order valence-corrected chi connectivity index (χ2v) is 4.20. The number of hydrogen-bond acceptors (Lipinski definition) is 4. The van der Waals surface area contributed by atoms with E-state index in [2.05, 4.69) is 10.3 Å². The Hall–Kier alpha value is -2.61. The largest absolute Gasteiger partial charge is 0.319 e. The number of nitrogens with one attached hydrogen (secondary N) is 1. The zero-order chi connectivity index (χ0) is 15.6. The zero-order valence-corrected chi connectivity index (χ0v) is 10.9. The van der Waals surface area contributed by atoms with Crippen molar-refractivity contribution >= 4 is 28.9 Å². The molecule has 1 aromatic carbocycles. The van der Waals surface area contributed by atoms with Gasteiger partial charge in [0.05, 0.1) is 22.2 Å². The molecule has 6 nitrogen and oxygen atoms in total. The molecule has 1 heterocycles. The van der Waals surface area contributed by atoms with Crippen LogP contribution >= 0.6 is 11.6 Å². The Bertz CT molecular complexity index is 740. The number of aromatic nitrogens is 1. The Labute approximate surface area is 121 Å². The highest BCUT2D eigenvalue weighted by Gasteiger charge is 2.24. The first kappa shape index (κ1) is 14.8. The molecular weight excluding hydrogens is 308 g/mol. The van der Waals surface area contributed by atoms with Crippen molar-refractivity contribution < 1.29 is 18.5 Å². The number of halogens is 3. The van der Waals surface area contributed by atoms with Gasteiger partial charge in [-0.15, -0.1) is 0 Å². The molecule has 0 saturated carbocycles. The summed E-state index contributed by atoms with van der Waals surface area (Å²) in [5.74, 6) is -3.62. The van der Waals surface area contributed by atoms with Crippen LogP contribution in [0.1, 0.15) is 10.4 Å². The van der Waals surface area contributed by atoms with Crippen LogP contribution in [-0.2, 0) is 0 Å². The molecule has 0 aliphatic carbocycles. The molecule has 9 heteroatoms. The molecule has 0 radical (unpaired) electrons. The molecule has 2 rings (SSSR count). The summed E-state index contributed by atoms with van der Waals surface area (Å²) < 4.78 is 27.1. The summed E-state index contributed by atoms with van der Waals surface area (Å²) in [6.07, 6.45) is 1.37. The molecule has 0 aliphatic heterocycles. The van der Waals surface area contributed by atoms with Crippen LogP contribution in [0, 0.1) is 21.7 Å². The van der Waals surface area contributed by atoms with Gasteiger partial charge in [-0.2, -0.15) is 4.39 Å². The van der Waals surface area contributed by atoms with Crippen molar-refractivity contribution in [1.29, 1.82) is 0 Å². The van der Waals surface area contributed by atoms with Crippen molar-refractivity contribution in [3.63, 3.8) is 0 Å². The number of nitrogens with zero attached hydrogens (tertiary/aromatic N) is 2. The second-order valence-electron chi connectivity index (χ2n) is 3.84. The second kappa shape index (κ2) is 5.80. The van der Waals surface area contributed by atoms with Crippen LogP contribution in [0.3, 0.4) is 0 Å². The van der Waals surface area contributed by atoms with Gasteiger partial charge in [0.15, 0.2) is 5.15 Å². The highest BCUT2D eigenvalue weighted by atomic mass is 35.5. The highest BCUT2D eigenvalue weighted by Crippen LogP contribution is 2.24. The van der Waals surface area contributed by atoms with E-state index in [0.717, 1.165) is 0 Å². The van der Waals surface area contributed by atoms with Crippen LogP contribution in [0.2, 0.25) is 5.15 Å². The molecule has 1 N–H and O–H groups in total. The third-order valence-electron chi connectivity index (χ3n) is 2.47. The number of nitro benzene ring substituents is 1. The van der Waals surface area contributed by atoms with E-state index in [4.69, 9.17) is 11.6 Å². The third-order valence-corrected chi connectivity index (χ3v) is 2.77. The minimum absolute atomic E-state index is 0.0582. The van der Waals surface area contributed by atoms with Gasteiger partial charge in [-0.25, -0.2) is 9.37 Å². The molecule has 2 aromatic rings. The van der Waals surface area contributed by atoms with E-state index in [0.29, 0.717) is 12.1 Å². The summed E-state index contributed by atoms with van der Waals surface area (Å²) >= 11 is 5.71. The average molecular weight is 314 g/mol. The van der Waals surface area contributed by atoms with Crippen LogP contribution < -0.4 is 5.32 Å². The summed E-state index contributed by atoms with van der Waals surface area (Å²) in [5, 5.41) is 12.7. The average Bonchev–Trinajstić information content (AvgIpc) is 2.43. The van der Waals surface area contributed by atoms with Crippen molar-refractivity contribution in [3.8, 4) is 0 Å². The molecular formula is C12H6ClF2N3O3. The maximum Gasteiger partial charge on any atom is 0.308 e. The van der Waals surface area contributed by atoms with Gasteiger partial charge in [-0.05, 0) is 18.2 Å². The minimum atomic E-state index is -1.43. The van der Waals surface area contributed by atoms with Crippen molar-refractivity contribution in [2.24, 2.45) is 0 Å². The highest BCUT2D eigenvalue weighted by molar-refractivity contribution is 6.32. The van der Waals surface area contributed by atoms with Gasteiger partial charge in [0, 0.05) is 6.20 Å².